The summed E-state index contributed by atoms with van der Waals surface area (Å²) < 4.78 is 6.52. The second-order valence-electron chi connectivity index (χ2n) is 4.16. The van der Waals surface area contributed by atoms with Crippen LogP contribution < -0.4 is 4.74 Å². The van der Waals surface area contributed by atoms with Gasteiger partial charge in [0.05, 0.1) is 10.6 Å². The number of benzene rings is 1. The van der Waals surface area contributed by atoms with Crippen LogP contribution in [0.5, 0.6) is 5.75 Å². The topological polar surface area (TPSA) is 29.5 Å². The molecule has 86 valence electrons. The number of nitrogens with zero attached hydrogens (tertiary/aromatic N) is 1. The van der Waals surface area contributed by atoms with E-state index in [2.05, 4.69) is 15.9 Å². The van der Waals surface area contributed by atoms with Crippen molar-refractivity contribution in [3.63, 3.8) is 0 Å². The van der Waals surface area contributed by atoms with Gasteiger partial charge in [-0.2, -0.15) is 0 Å². The lowest BCUT2D eigenvalue weighted by Gasteiger charge is -2.12. The second kappa shape index (κ2) is 4.45. The van der Waals surface area contributed by atoms with E-state index in [1.54, 1.807) is 31.1 Å². The average molecular weight is 284 g/mol. The molecule has 0 radical (unpaired) electrons. The van der Waals surface area contributed by atoms with Gasteiger partial charge in [0.1, 0.15) is 5.75 Å². The van der Waals surface area contributed by atoms with Crippen molar-refractivity contribution in [3.8, 4) is 5.75 Å². The molecule has 1 aliphatic rings. The maximum absolute atomic E-state index is 11.7. The summed E-state index contributed by atoms with van der Waals surface area (Å²) >= 11 is 3.43. The van der Waals surface area contributed by atoms with Crippen LogP contribution in [-0.2, 0) is 0 Å². The molecule has 1 aliphatic carbocycles. The molecule has 0 atom stereocenters. The van der Waals surface area contributed by atoms with Gasteiger partial charge in [-0.1, -0.05) is 0 Å². The molecule has 0 spiro atoms. The lowest BCUT2D eigenvalue weighted by atomic mass is 10.2. The molecule has 4 heteroatoms. The van der Waals surface area contributed by atoms with Gasteiger partial charge in [-0.25, -0.2) is 0 Å². The van der Waals surface area contributed by atoms with Crippen molar-refractivity contribution in [3.05, 3.63) is 28.2 Å². The zero-order chi connectivity index (χ0) is 11.7. The smallest absolute Gasteiger partial charge is 0.253 e. The minimum absolute atomic E-state index is 0.00123. The number of ether oxygens (including phenoxy) is 1. The third kappa shape index (κ3) is 2.55. The molecule has 1 amide bonds. The van der Waals surface area contributed by atoms with Crippen molar-refractivity contribution in [1.29, 1.82) is 0 Å². The summed E-state index contributed by atoms with van der Waals surface area (Å²) in [5.74, 6) is 0.816. The monoisotopic (exact) mass is 283 g/mol. The molecular formula is C12H14BrNO2. The maximum Gasteiger partial charge on any atom is 0.253 e. The summed E-state index contributed by atoms with van der Waals surface area (Å²) in [6, 6.07) is 5.45. The van der Waals surface area contributed by atoms with Crippen LogP contribution in [0.2, 0.25) is 0 Å². The molecule has 0 N–H and O–H groups in total. The number of carbonyl (C=O) groups excluding carboxylic acids is 1. The van der Waals surface area contributed by atoms with Gasteiger partial charge in [0.2, 0.25) is 0 Å². The van der Waals surface area contributed by atoms with Gasteiger partial charge in [-0.15, -0.1) is 0 Å². The van der Waals surface area contributed by atoms with Crippen molar-refractivity contribution in [2.24, 2.45) is 0 Å². The fourth-order valence-electron chi connectivity index (χ4n) is 1.35. The molecule has 1 fully saturated rings. The number of halogens is 1. The van der Waals surface area contributed by atoms with Gasteiger partial charge in [-0.05, 0) is 47.0 Å². The van der Waals surface area contributed by atoms with E-state index < -0.39 is 0 Å². The summed E-state index contributed by atoms with van der Waals surface area (Å²) in [7, 11) is 3.48. The zero-order valence-electron chi connectivity index (χ0n) is 9.37. The normalized spacial score (nSPS) is 14.7. The number of carbonyl (C=O) groups is 1. The van der Waals surface area contributed by atoms with E-state index in [4.69, 9.17) is 4.74 Å². The minimum Gasteiger partial charge on any atom is -0.489 e. The van der Waals surface area contributed by atoms with Gasteiger partial charge in [-0.3, -0.25) is 4.79 Å². The number of rotatable bonds is 3. The third-order valence-electron chi connectivity index (χ3n) is 2.40. The first-order valence-electron chi connectivity index (χ1n) is 5.26. The van der Waals surface area contributed by atoms with Crippen LogP contribution in [0.4, 0.5) is 0 Å². The Hall–Kier alpha value is -1.03. The molecule has 3 nitrogen and oxygen atoms in total. The molecule has 0 bridgehead atoms. The maximum atomic E-state index is 11.7. The lowest BCUT2D eigenvalue weighted by Crippen LogP contribution is -2.21. The van der Waals surface area contributed by atoms with Crippen LogP contribution in [0.15, 0.2) is 22.7 Å². The predicted molar refractivity (Wildman–Crippen MR) is 65.8 cm³/mol. The van der Waals surface area contributed by atoms with Gasteiger partial charge >= 0.3 is 0 Å². The first-order valence-corrected chi connectivity index (χ1v) is 6.05. The number of hydrogen-bond donors (Lipinski definition) is 0. The van der Waals surface area contributed by atoms with Crippen LogP contribution in [-0.4, -0.2) is 31.0 Å². The third-order valence-corrected chi connectivity index (χ3v) is 3.02. The SMILES string of the molecule is CN(C)C(=O)c1ccc(OC2CC2)c(Br)c1. The molecule has 0 aliphatic heterocycles. The highest BCUT2D eigenvalue weighted by molar-refractivity contribution is 9.10. The van der Waals surface area contributed by atoms with Crippen molar-refractivity contribution in [2.45, 2.75) is 18.9 Å². The van der Waals surface area contributed by atoms with E-state index >= 15 is 0 Å². The predicted octanol–water partition coefficient (Wildman–Crippen LogP) is 2.69. The molecule has 0 saturated heterocycles. The summed E-state index contributed by atoms with van der Waals surface area (Å²) in [6.45, 7) is 0. The molecular weight excluding hydrogens is 270 g/mol. The van der Waals surface area contributed by atoms with E-state index in [9.17, 15) is 4.79 Å². The Bertz CT molecular complexity index is 413. The van der Waals surface area contributed by atoms with Gasteiger partial charge < -0.3 is 9.64 Å². The van der Waals surface area contributed by atoms with Gasteiger partial charge in [0.15, 0.2) is 0 Å². The highest BCUT2D eigenvalue weighted by Crippen LogP contribution is 2.32. The molecule has 1 aromatic rings. The van der Waals surface area contributed by atoms with Crippen molar-refractivity contribution >= 4 is 21.8 Å². The van der Waals surface area contributed by atoms with Crippen LogP contribution in [0.25, 0.3) is 0 Å². The van der Waals surface area contributed by atoms with Crippen LogP contribution in [0.1, 0.15) is 23.2 Å². The Morgan fingerprint density at radius 2 is 2.12 bits per heavy atom. The number of amides is 1. The van der Waals surface area contributed by atoms with Crippen molar-refractivity contribution in [2.75, 3.05) is 14.1 Å². The first kappa shape index (κ1) is 11.5. The Kier molecular flexibility index (Phi) is 3.19. The largest absolute Gasteiger partial charge is 0.489 e. The summed E-state index contributed by atoms with van der Waals surface area (Å²) in [5, 5.41) is 0. The molecule has 0 heterocycles. The Morgan fingerprint density at radius 3 is 2.62 bits per heavy atom. The Morgan fingerprint density at radius 1 is 1.44 bits per heavy atom. The Labute approximate surface area is 104 Å². The quantitative estimate of drug-likeness (QED) is 0.854. The van der Waals surface area contributed by atoms with Crippen LogP contribution >= 0.6 is 15.9 Å². The van der Waals surface area contributed by atoms with E-state index in [1.807, 2.05) is 6.07 Å². The fourth-order valence-corrected chi connectivity index (χ4v) is 1.83. The summed E-state index contributed by atoms with van der Waals surface area (Å²) in [5.41, 5.74) is 0.667. The second-order valence-corrected chi connectivity index (χ2v) is 5.02. The molecule has 1 aromatic carbocycles. The van der Waals surface area contributed by atoms with Gasteiger partial charge in [0, 0.05) is 19.7 Å². The van der Waals surface area contributed by atoms with Crippen LogP contribution in [0, 0.1) is 0 Å². The number of hydrogen-bond acceptors (Lipinski definition) is 2. The standard InChI is InChI=1S/C12H14BrNO2/c1-14(2)12(15)8-3-6-11(10(13)7-8)16-9-4-5-9/h3,6-7,9H,4-5H2,1-2H3. The molecule has 0 aromatic heterocycles. The zero-order valence-corrected chi connectivity index (χ0v) is 11.0. The highest BCUT2D eigenvalue weighted by Gasteiger charge is 2.24. The van der Waals surface area contributed by atoms with E-state index in [-0.39, 0.29) is 5.91 Å². The van der Waals surface area contributed by atoms with E-state index in [0.717, 1.165) is 23.1 Å². The van der Waals surface area contributed by atoms with Crippen molar-refractivity contribution < 1.29 is 9.53 Å². The molecule has 2 rings (SSSR count). The van der Waals surface area contributed by atoms with Crippen molar-refractivity contribution in [1.82, 2.24) is 4.90 Å². The van der Waals surface area contributed by atoms with Gasteiger partial charge in [0.25, 0.3) is 5.91 Å². The fraction of sp³-hybridized carbons (Fsp3) is 0.417. The Balaban J connectivity index is 2.17. The summed E-state index contributed by atoms with van der Waals surface area (Å²) in [6.07, 6.45) is 2.63. The highest BCUT2D eigenvalue weighted by atomic mass is 79.9. The van der Waals surface area contributed by atoms with E-state index in [1.165, 1.54) is 0 Å². The summed E-state index contributed by atoms with van der Waals surface area (Å²) in [4.78, 5) is 13.3. The average Bonchev–Trinajstić information content (AvgIpc) is 3.03. The lowest BCUT2D eigenvalue weighted by molar-refractivity contribution is 0.0827. The minimum atomic E-state index is -0.00123. The molecule has 1 saturated carbocycles. The van der Waals surface area contributed by atoms with Crippen LogP contribution in [0.3, 0.4) is 0 Å². The van der Waals surface area contributed by atoms with E-state index in [0.29, 0.717) is 11.7 Å². The molecule has 0 unspecified atom stereocenters. The molecule has 16 heavy (non-hydrogen) atoms. The first-order chi connectivity index (χ1) is 7.58.